The number of hydrogen-bond donors (Lipinski definition) is 2. The van der Waals surface area contributed by atoms with Gasteiger partial charge >= 0.3 is 0 Å². The van der Waals surface area contributed by atoms with Gasteiger partial charge in [0.15, 0.2) is 5.69 Å². The van der Waals surface area contributed by atoms with Gasteiger partial charge in [-0.1, -0.05) is 24.1 Å². The first-order valence-electron chi connectivity index (χ1n) is 11.0. The van der Waals surface area contributed by atoms with Crippen LogP contribution in [0, 0.1) is 11.3 Å². The molecule has 0 atom stereocenters. The van der Waals surface area contributed by atoms with Gasteiger partial charge in [0.2, 0.25) is 0 Å². The van der Waals surface area contributed by atoms with Crippen LogP contribution in [0.1, 0.15) is 50.5 Å². The van der Waals surface area contributed by atoms with Crippen molar-refractivity contribution in [3.05, 3.63) is 52.3 Å². The second-order valence-corrected chi connectivity index (χ2v) is 10.3. The summed E-state index contributed by atoms with van der Waals surface area (Å²) in [4.78, 5) is 28.0. The van der Waals surface area contributed by atoms with E-state index in [1.165, 1.54) is 4.68 Å². The first kappa shape index (κ1) is 23.3. The average molecular weight is 469 g/mol. The molecular formula is C23H28N6O3S. The Morgan fingerprint density at radius 1 is 1.36 bits per heavy atom. The van der Waals surface area contributed by atoms with E-state index >= 15 is 0 Å². The number of nitriles is 1. The molecule has 2 aromatic rings. The molecule has 1 aromatic carbocycles. The normalized spacial score (nSPS) is 16.5. The van der Waals surface area contributed by atoms with Gasteiger partial charge < -0.3 is 15.3 Å². The average Bonchev–Trinajstić information content (AvgIpc) is 3.46. The lowest BCUT2D eigenvalue weighted by Crippen LogP contribution is -2.43. The molecule has 33 heavy (non-hydrogen) atoms. The SMILES string of the molecule is CN(CCO)SC1(CN2CCc3c(C(=O)NCc4ccc(C#N)cc4)nn(C)c3C2=O)CC1. The van der Waals surface area contributed by atoms with Gasteiger partial charge in [-0.25, -0.2) is 0 Å². The van der Waals surface area contributed by atoms with E-state index in [2.05, 4.69) is 16.5 Å². The number of nitrogens with one attached hydrogen (secondary N) is 1. The first-order chi connectivity index (χ1) is 15.9. The van der Waals surface area contributed by atoms with Gasteiger partial charge in [-0.05, 0) is 44.0 Å². The Bertz CT molecular complexity index is 1090. The van der Waals surface area contributed by atoms with E-state index in [0.29, 0.717) is 55.1 Å². The number of aliphatic hydroxyl groups is 1. The molecular weight excluding hydrogens is 440 g/mol. The number of aryl methyl sites for hydroxylation is 1. The minimum atomic E-state index is -0.308. The fourth-order valence-corrected chi connectivity index (χ4v) is 5.48. The van der Waals surface area contributed by atoms with Gasteiger partial charge in [-0.3, -0.25) is 18.6 Å². The highest BCUT2D eigenvalue weighted by atomic mass is 32.2. The Balaban J connectivity index is 1.42. The predicted octanol–water partition coefficient (Wildman–Crippen LogP) is 1.32. The molecule has 0 bridgehead atoms. The lowest BCUT2D eigenvalue weighted by Gasteiger charge is -2.32. The fourth-order valence-electron chi connectivity index (χ4n) is 4.15. The van der Waals surface area contributed by atoms with Gasteiger partial charge in [-0.2, -0.15) is 10.4 Å². The molecule has 0 unspecified atom stereocenters. The van der Waals surface area contributed by atoms with Gasteiger partial charge in [-0.15, -0.1) is 0 Å². The van der Waals surface area contributed by atoms with E-state index in [1.807, 2.05) is 16.3 Å². The zero-order valence-corrected chi connectivity index (χ0v) is 19.7. The molecule has 4 rings (SSSR count). The molecule has 2 heterocycles. The quantitative estimate of drug-likeness (QED) is 0.534. The summed E-state index contributed by atoms with van der Waals surface area (Å²) in [5, 5.41) is 25.3. The smallest absolute Gasteiger partial charge is 0.272 e. The van der Waals surface area contributed by atoms with Crippen molar-refractivity contribution in [1.29, 1.82) is 5.26 Å². The van der Waals surface area contributed by atoms with E-state index in [-0.39, 0.29) is 23.2 Å². The number of aromatic nitrogens is 2. The molecule has 2 N–H and O–H groups in total. The van der Waals surface area contributed by atoms with Crippen molar-refractivity contribution < 1.29 is 14.7 Å². The minimum Gasteiger partial charge on any atom is -0.395 e. The number of hydrogen-bond acceptors (Lipinski definition) is 7. The summed E-state index contributed by atoms with van der Waals surface area (Å²) in [5.41, 5.74) is 2.93. The zero-order valence-electron chi connectivity index (χ0n) is 18.9. The van der Waals surface area contributed by atoms with Gasteiger partial charge in [0.05, 0.1) is 18.2 Å². The second kappa shape index (κ2) is 9.55. The van der Waals surface area contributed by atoms with Crippen molar-refractivity contribution in [3.8, 4) is 6.07 Å². The molecule has 9 nitrogen and oxygen atoms in total. The zero-order chi connectivity index (χ0) is 23.6. The molecule has 1 saturated carbocycles. The number of nitrogens with zero attached hydrogens (tertiary/aromatic N) is 5. The summed E-state index contributed by atoms with van der Waals surface area (Å²) >= 11 is 1.71. The summed E-state index contributed by atoms with van der Waals surface area (Å²) in [7, 11) is 3.66. The molecule has 0 radical (unpaired) electrons. The second-order valence-electron chi connectivity index (χ2n) is 8.62. The number of benzene rings is 1. The maximum Gasteiger partial charge on any atom is 0.272 e. The number of likely N-dealkylation sites (N-methyl/N-ethyl adjacent to an activating group) is 1. The third kappa shape index (κ3) is 5.05. The molecule has 1 aliphatic heterocycles. The van der Waals surface area contributed by atoms with Gasteiger partial charge in [0.1, 0.15) is 5.69 Å². The summed E-state index contributed by atoms with van der Waals surface area (Å²) in [6.07, 6.45) is 2.67. The van der Waals surface area contributed by atoms with Crippen LogP contribution < -0.4 is 5.32 Å². The highest BCUT2D eigenvalue weighted by Crippen LogP contribution is 2.50. The molecule has 1 fully saturated rings. The Labute approximate surface area is 197 Å². The maximum absolute atomic E-state index is 13.3. The van der Waals surface area contributed by atoms with Crippen LogP contribution in [0.4, 0.5) is 0 Å². The molecule has 0 spiro atoms. The summed E-state index contributed by atoms with van der Waals surface area (Å²) in [5.74, 6) is -0.397. The molecule has 1 aromatic heterocycles. The number of amides is 2. The van der Waals surface area contributed by atoms with E-state index in [0.717, 1.165) is 18.4 Å². The highest BCUT2D eigenvalue weighted by Gasteiger charge is 2.48. The third-order valence-electron chi connectivity index (χ3n) is 6.07. The summed E-state index contributed by atoms with van der Waals surface area (Å²) in [6, 6.07) is 9.10. The standard InChI is InChI=1S/C23H28N6O3S/c1-27(11-12-30)33-23(8-9-23)15-29-10-7-18-19(26-28(2)20(18)22(29)32)21(31)25-14-17-5-3-16(13-24)4-6-17/h3-6,30H,7-12,14-15H2,1-2H3,(H,25,31). The molecule has 174 valence electrons. The lowest BCUT2D eigenvalue weighted by molar-refractivity contribution is 0.0725. The van der Waals surface area contributed by atoms with Gasteiger partial charge in [0.25, 0.3) is 11.8 Å². The largest absolute Gasteiger partial charge is 0.395 e. The Hall–Kier alpha value is -2.87. The Morgan fingerprint density at radius 3 is 2.73 bits per heavy atom. The number of fused-ring (bicyclic) bond motifs is 1. The lowest BCUT2D eigenvalue weighted by atomic mass is 10.0. The van der Waals surface area contributed by atoms with Crippen molar-refractivity contribution in [2.45, 2.75) is 30.6 Å². The monoisotopic (exact) mass is 468 g/mol. The van der Waals surface area contributed by atoms with Crippen LogP contribution in [0.2, 0.25) is 0 Å². The van der Waals surface area contributed by atoms with Crippen LogP contribution in [0.15, 0.2) is 24.3 Å². The van der Waals surface area contributed by atoms with Crippen LogP contribution in [-0.2, 0) is 20.0 Å². The molecule has 10 heteroatoms. The molecule has 0 saturated heterocycles. The van der Waals surface area contributed by atoms with Gasteiger partial charge in [0, 0.05) is 43.5 Å². The summed E-state index contributed by atoms with van der Waals surface area (Å²) < 4.78 is 3.56. The maximum atomic E-state index is 13.3. The number of rotatable bonds is 9. The fraction of sp³-hybridized carbons (Fsp3) is 0.478. The molecule has 1 aliphatic carbocycles. The Kier molecular flexibility index (Phi) is 6.74. The van der Waals surface area contributed by atoms with E-state index in [9.17, 15) is 9.59 Å². The van der Waals surface area contributed by atoms with E-state index in [4.69, 9.17) is 10.4 Å². The van der Waals surface area contributed by atoms with Crippen molar-refractivity contribution in [3.63, 3.8) is 0 Å². The predicted molar refractivity (Wildman–Crippen MR) is 124 cm³/mol. The molecule has 2 aliphatic rings. The van der Waals surface area contributed by atoms with E-state index in [1.54, 1.807) is 43.3 Å². The van der Waals surface area contributed by atoms with Crippen molar-refractivity contribution in [2.24, 2.45) is 7.05 Å². The first-order valence-corrected chi connectivity index (χ1v) is 11.8. The number of carbonyl (C=O) groups is 2. The highest BCUT2D eigenvalue weighted by molar-refractivity contribution is 7.98. The van der Waals surface area contributed by atoms with Crippen LogP contribution in [-0.4, -0.2) is 73.9 Å². The summed E-state index contributed by atoms with van der Waals surface area (Å²) in [6.45, 7) is 2.22. The van der Waals surface area contributed by atoms with E-state index < -0.39 is 0 Å². The van der Waals surface area contributed by atoms with Crippen LogP contribution in [0.25, 0.3) is 0 Å². The van der Waals surface area contributed by atoms with Crippen molar-refractivity contribution >= 4 is 23.8 Å². The molecule has 2 amide bonds. The number of aliphatic hydroxyl groups excluding tert-OH is 1. The van der Waals surface area contributed by atoms with Crippen LogP contribution in [0.3, 0.4) is 0 Å². The number of carbonyl (C=O) groups excluding carboxylic acids is 2. The van der Waals surface area contributed by atoms with Crippen molar-refractivity contribution in [2.75, 3.05) is 33.3 Å². The topological polar surface area (TPSA) is 114 Å². The van der Waals surface area contributed by atoms with Crippen LogP contribution >= 0.6 is 11.9 Å². The van der Waals surface area contributed by atoms with Crippen molar-refractivity contribution in [1.82, 2.24) is 24.3 Å². The van der Waals surface area contributed by atoms with Crippen LogP contribution in [0.5, 0.6) is 0 Å². The Morgan fingerprint density at radius 2 is 2.09 bits per heavy atom. The minimum absolute atomic E-state index is 0.0109. The third-order valence-corrected chi connectivity index (χ3v) is 7.49.